The molecule has 0 bridgehead atoms. The third-order valence-electron chi connectivity index (χ3n) is 7.23. The van der Waals surface area contributed by atoms with Gasteiger partial charge < -0.3 is 25.0 Å². The molecule has 4 heterocycles. The second-order valence-corrected chi connectivity index (χ2v) is 9.63. The van der Waals surface area contributed by atoms with Gasteiger partial charge in [0.2, 0.25) is 0 Å². The molecule has 0 unspecified atom stereocenters. The molecule has 0 spiro atoms. The summed E-state index contributed by atoms with van der Waals surface area (Å²) < 4.78 is 14.9. The van der Waals surface area contributed by atoms with E-state index in [1.807, 2.05) is 29.3 Å². The number of aromatic amines is 1. The van der Waals surface area contributed by atoms with E-state index in [4.69, 9.17) is 0 Å². The molecule has 0 saturated carbocycles. The minimum absolute atomic E-state index is 0.275. The van der Waals surface area contributed by atoms with Crippen molar-refractivity contribution in [1.29, 1.82) is 0 Å². The molecule has 0 radical (unpaired) electrons. The van der Waals surface area contributed by atoms with Crippen LogP contribution >= 0.6 is 0 Å². The lowest BCUT2D eigenvalue weighted by atomic mass is 9.99. The Balaban J connectivity index is 1.19. The molecule has 5 rings (SSSR count). The van der Waals surface area contributed by atoms with Crippen molar-refractivity contribution < 1.29 is 14.0 Å². The summed E-state index contributed by atoms with van der Waals surface area (Å²) in [6.07, 6.45) is 8.22. The van der Waals surface area contributed by atoms with Crippen molar-refractivity contribution in [1.82, 2.24) is 19.8 Å². The number of anilines is 2. The topological polar surface area (TPSA) is 84.6 Å². The van der Waals surface area contributed by atoms with Crippen LogP contribution in [0.25, 0.3) is 16.6 Å². The maximum atomic E-state index is 14.9. The average Bonchev–Trinajstić information content (AvgIpc) is 3.33. The van der Waals surface area contributed by atoms with Crippen LogP contribution < -0.4 is 10.2 Å². The van der Waals surface area contributed by atoms with Crippen LogP contribution in [0.4, 0.5) is 15.8 Å². The van der Waals surface area contributed by atoms with E-state index in [1.165, 1.54) is 11.0 Å². The van der Waals surface area contributed by atoms with Crippen LogP contribution in [0.2, 0.25) is 0 Å². The van der Waals surface area contributed by atoms with Crippen LogP contribution in [0.1, 0.15) is 24.8 Å². The van der Waals surface area contributed by atoms with Gasteiger partial charge in [-0.25, -0.2) is 9.37 Å². The Labute approximate surface area is 209 Å². The number of rotatable bonds is 4. The predicted octanol–water partition coefficient (Wildman–Crippen LogP) is 3.49. The second kappa shape index (κ2) is 10.1. The van der Waals surface area contributed by atoms with E-state index in [-0.39, 0.29) is 5.69 Å². The quantitative estimate of drug-likeness (QED) is 0.547. The van der Waals surface area contributed by atoms with Gasteiger partial charge in [0.25, 0.3) is 0 Å². The van der Waals surface area contributed by atoms with Crippen molar-refractivity contribution in [2.45, 2.75) is 25.3 Å². The Kier molecular flexibility index (Phi) is 6.73. The van der Waals surface area contributed by atoms with Gasteiger partial charge in [-0.3, -0.25) is 9.59 Å². The van der Waals surface area contributed by atoms with Gasteiger partial charge in [0.15, 0.2) is 0 Å². The molecule has 2 amide bonds. The lowest BCUT2D eigenvalue weighted by Crippen LogP contribution is -2.42. The molecule has 8 nitrogen and oxygen atoms in total. The zero-order valence-corrected chi connectivity index (χ0v) is 20.6. The van der Waals surface area contributed by atoms with Crippen LogP contribution in [0.15, 0.2) is 48.8 Å². The number of nitrogens with zero attached hydrogens (tertiary/aromatic N) is 4. The summed E-state index contributed by atoms with van der Waals surface area (Å²) in [6, 6.07) is 9.03. The molecule has 1 fully saturated rings. The number of hydrogen-bond acceptors (Lipinski definition) is 5. The first-order valence-electron chi connectivity index (χ1n) is 12.3. The third kappa shape index (κ3) is 4.83. The Hall–Kier alpha value is -3.72. The highest BCUT2D eigenvalue weighted by Crippen LogP contribution is 2.29. The van der Waals surface area contributed by atoms with Crippen LogP contribution in [-0.4, -0.2) is 77.9 Å². The first-order chi connectivity index (χ1) is 17.4. The van der Waals surface area contributed by atoms with Crippen LogP contribution in [-0.2, 0) is 9.59 Å². The van der Waals surface area contributed by atoms with E-state index >= 15 is 0 Å². The molecule has 0 aliphatic carbocycles. The van der Waals surface area contributed by atoms with E-state index in [0.29, 0.717) is 31.2 Å². The summed E-state index contributed by atoms with van der Waals surface area (Å²) in [7, 11) is 4.14. The molecule has 2 aliphatic rings. The van der Waals surface area contributed by atoms with E-state index in [0.717, 1.165) is 48.1 Å². The fourth-order valence-electron chi connectivity index (χ4n) is 5.11. The smallest absolute Gasteiger partial charge is 0.313 e. The van der Waals surface area contributed by atoms with E-state index < -0.39 is 17.6 Å². The van der Waals surface area contributed by atoms with Gasteiger partial charge >= 0.3 is 11.8 Å². The molecule has 1 saturated heterocycles. The monoisotopic (exact) mass is 490 g/mol. The number of nitrogens with one attached hydrogen (secondary N) is 2. The van der Waals surface area contributed by atoms with Crippen molar-refractivity contribution in [2.75, 3.05) is 50.5 Å². The number of hydrogen-bond donors (Lipinski definition) is 2. The molecule has 36 heavy (non-hydrogen) atoms. The molecule has 1 aromatic carbocycles. The number of benzene rings is 1. The van der Waals surface area contributed by atoms with Gasteiger partial charge in [0.05, 0.1) is 5.69 Å². The Morgan fingerprint density at radius 2 is 1.97 bits per heavy atom. The second-order valence-electron chi connectivity index (χ2n) is 9.63. The summed E-state index contributed by atoms with van der Waals surface area (Å²) in [6.45, 7) is 2.33. The number of amides is 2. The minimum atomic E-state index is -0.762. The van der Waals surface area contributed by atoms with Gasteiger partial charge in [-0.2, -0.15) is 0 Å². The van der Waals surface area contributed by atoms with Crippen molar-refractivity contribution in [3.05, 3.63) is 60.2 Å². The van der Waals surface area contributed by atoms with Crippen LogP contribution in [0, 0.1) is 5.82 Å². The maximum absolute atomic E-state index is 14.9. The van der Waals surface area contributed by atoms with E-state index in [2.05, 4.69) is 34.3 Å². The Morgan fingerprint density at radius 1 is 1.17 bits per heavy atom. The number of carbonyl (C=O) groups is 2. The molecule has 188 valence electrons. The standard InChI is InChI=1S/C27H31FN6O2/c1-32(2)20-9-14-33(15-10-20)24-6-5-19(16-23(24)28)31-26(35)27(36)34-12-7-18(8-13-34)22-17-30-25-21(22)4-3-11-29-25/h3-7,11,16-17,20H,8-10,12-15H2,1-2H3,(H,29,30)(H,31,35). The number of piperidine rings is 1. The summed E-state index contributed by atoms with van der Waals surface area (Å²) in [5, 5.41) is 3.60. The first kappa shape index (κ1) is 24.0. The summed E-state index contributed by atoms with van der Waals surface area (Å²) in [5.41, 5.74) is 3.81. The van der Waals surface area contributed by atoms with Crippen molar-refractivity contribution in [3.63, 3.8) is 0 Å². The number of H-pyrrole nitrogens is 1. The Bertz CT molecular complexity index is 1310. The lowest BCUT2D eigenvalue weighted by molar-refractivity contribution is -0.142. The fourth-order valence-corrected chi connectivity index (χ4v) is 5.11. The van der Waals surface area contributed by atoms with E-state index in [9.17, 15) is 14.0 Å². The number of fused-ring (bicyclic) bond motifs is 1. The predicted molar refractivity (Wildman–Crippen MR) is 139 cm³/mol. The molecular weight excluding hydrogens is 459 g/mol. The van der Waals surface area contributed by atoms with Gasteiger partial charge in [0, 0.05) is 61.3 Å². The van der Waals surface area contributed by atoms with Gasteiger partial charge in [-0.05, 0) is 69.3 Å². The van der Waals surface area contributed by atoms with Gasteiger partial charge in [-0.1, -0.05) is 6.08 Å². The minimum Gasteiger partial charge on any atom is -0.369 e. The van der Waals surface area contributed by atoms with Gasteiger partial charge in [0.1, 0.15) is 11.5 Å². The summed E-state index contributed by atoms with van der Waals surface area (Å²) in [5.74, 6) is -1.79. The molecule has 9 heteroatoms. The molecule has 2 aromatic heterocycles. The van der Waals surface area contributed by atoms with E-state index in [1.54, 1.807) is 18.3 Å². The zero-order valence-electron chi connectivity index (χ0n) is 20.6. The summed E-state index contributed by atoms with van der Waals surface area (Å²) >= 11 is 0. The van der Waals surface area contributed by atoms with Crippen molar-refractivity contribution in [3.8, 4) is 0 Å². The summed E-state index contributed by atoms with van der Waals surface area (Å²) in [4.78, 5) is 38.6. The molecule has 3 aromatic rings. The van der Waals surface area contributed by atoms with Crippen molar-refractivity contribution >= 4 is 39.8 Å². The average molecular weight is 491 g/mol. The molecule has 0 atom stereocenters. The normalized spacial score (nSPS) is 16.9. The Morgan fingerprint density at radius 3 is 2.67 bits per heavy atom. The molecular formula is C27H31FN6O2. The van der Waals surface area contributed by atoms with Crippen LogP contribution in [0.3, 0.4) is 0 Å². The number of halogens is 1. The fraction of sp³-hybridized carbons (Fsp3) is 0.370. The SMILES string of the molecule is CN(C)C1CCN(c2ccc(NC(=O)C(=O)N3CC=C(c4c[nH]c5ncccc45)CC3)cc2F)CC1. The lowest BCUT2D eigenvalue weighted by Gasteiger charge is -2.36. The maximum Gasteiger partial charge on any atom is 0.313 e. The highest BCUT2D eigenvalue weighted by molar-refractivity contribution is 6.39. The van der Waals surface area contributed by atoms with Crippen LogP contribution in [0.5, 0.6) is 0 Å². The zero-order chi connectivity index (χ0) is 25.2. The molecule has 2 N–H and O–H groups in total. The number of carbonyl (C=O) groups excluding carboxylic acids is 2. The third-order valence-corrected chi connectivity index (χ3v) is 7.23. The largest absolute Gasteiger partial charge is 0.369 e. The highest BCUT2D eigenvalue weighted by atomic mass is 19.1. The highest BCUT2D eigenvalue weighted by Gasteiger charge is 2.26. The first-order valence-corrected chi connectivity index (χ1v) is 12.3. The van der Waals surface area contributed by atoms with Crippen molar-refractivity contribution in [2.24, 2.45) is 0 Å². The number of pyridine rings is 1. The molecule has 2 aliphatic heterocycles. The number of aromatic nitrogens is 2. The van der Waals surface area contributed by atoms with Gasteiger partial charge in [-0.15, -0.1) is 0 Å².